The Balaban J connectivity index is 2.27. The van der Waals surface area contributed by atoms with Gasteiger partial charge in [-0.25, -0.2) is 13.2 Å². The number of sulfonamides is 1. The van der Waals surface area contributed by atoms with E-state index in [0.717, 1.165) is 25.3 Å². The summed E-state index contributed by atoms with van der Waals surface area (Å²) in [5.41, 5.74) is -0.0840. The van der Waals surface area contributed by atoms with E-state index in [9.17, 15) is 27.9 Å². The molecule has 0 aromatic heterocycles. The molecule has 9 nitrogen and oxygen atoms in total. The monoisotopic (exact) mass is 407 g/mol. The second-order valence-corrected chi connectivity index (χ2v) is 7.36. The summed E-state index contributed by atoms with van der Waals surface area (Å²) in [4.78, 5) is 33.9. The second-order valence-electron chi connectivity index (χ2n) is 5.67. The molecule has 0 aliphatic carbocycles. The zero-order chi connectivity index (χ0) is 20.9. The highest BCUT2D eigenvalue weighted by Crippen LogP contribution is 2.24. The summed E-state index contributed by atoms with van der Waals surface area (Å²) in [6.07, 6.45) is -0.551. The number of ketones is 1. The van der Waals surface area contributed by atoms with Crippen molar-refractivity contribution in [3.05, 3.63) is 53.6 Å². The van der Waals surface area contributed by atoms with Crippen LogP contribution in [0.1, 0.15) is 33.6 Å². The number of carbonyl (C=O) groups is 3. The zero-order valence-electron chi connectivity index (χ0n) is 14.7. The summed E-state index contributed by atoms with van der Waals surface area (Å²) in [6.45, 7) is 0. The minimum atomic E-state index is -4.14. The number of carbonyl (C=O) groups excluding carboxylic acids is 2. The molecule has 2 rings (SSSR count). The highest BCUT2D eigenvalue weighted by molar-refractivity contribution is 7.92. The Morgan fingerprint density at radius 2 is 1.79 bits per heavy atom. The van der Waals surface area contributed by atoms with Gasteiger partial charge in [0.25, 0.3) is 10.0 Å². The number of aromatic hydroxyl groups is 1. The van der Waals surface area contributed by atoms with Crippen LogP contribution in [0, 0.1) is 0 Å². The second kappa shape index (κ2) is 8.53. The van der Waals surface area contributed by atoms with E-state index in [1.54, 1.807) is 0 Å². The quantitative estimate of drug-likeness (QED) is 0.445. The summed E-state index contributed by atoms with van der Waals surface area (Å²) in [5, 5.41) is 18.3. The molecule has 0 amide bonds. The fourth-order valence-corrected chi connectivity index (χ4v) is 3.37. The molecule has 2 aromatic carbocycles. The molecule has 0 aliphatic rings. The number of hydrogen-bond donors (Lipinski definition) is 3. The smallest absolute Gasteiger partial charge is 0.341 e. The van der Waals surface area contributed by atoms with E-state index in [4.69, 9.17) is 5.11 Å². The minimum absolute atomic E-state index is 0.0777. The number of ether oxygens (including phenoxy) is 1. The summed E-state index contributed by atoms with van der Waals surface area (Å²) in [6, 6.07) is 8.70. The van der Waals surface area contributed by atoms with Gasteiger partial charge in [-0.3, -0.25) is 14.3 Å². The van der Waals surface area contributed by atoms with E-state index in [1.807, 2.05) is 0 Å². The Morgan fingerprint density at radius 1 is 1.07 bits per heavy atom. The number of anilines is 1. The first-order valence-electron chi connectivity index (χ1n) is 7.93. The van der Waals surface area contributed by atoms with Gasteiger partial charge in [0.15, 0.2) is 5.78 Å². The van der Waals surface area contributed by atoms with Gasteiger partial charge in [0, 0.05) is 17.7 Å². The lowest BCUT2D eigenvalue weighted by atomic mass is 10.1. The maximum Gasteiger partial charge on any atom is 0.341 e. The number of phenolic OH excluding ortho intramolecular Hbond substituents is 1. The minimum Gasteiger partial charge on any atom is -0.507 e. The number of aliphatic carboxylic acids is 1. The molecular formula is C18H17NO8S. The van der Waals surface area contributed by atoms with Gasteiger partial charge in [-0.15, -0.1) is 0 Å². The zero-order valence-corrected chi connectivity index (χ0v) is 15.5. The van der Waals surface area contributed by atoms with Crippen LogP contribution < -0.4 is 4.72 Å². The third kappa shape index (κ3) is 5.07. The number of benzene rings is 2. The molecule has 10 heteroatoms. The summed E-state index contributed by atoms with van der Waals surface area (Å²) in [7, 11) is -3.05. The first-order chi connectivity index (χ1) is 13.1. The molecule has 0 atom stereocenters. The Hall–Kier alpha value is -3.40. The van der Waals surface area contributed by atoms with Crippen LogP contribution in [0.15, 0.2) is 47.4 Å². The lowest BCUT2D eigenvalue weighted by Gasteiger charge is -2.11. The molecule has 0 bridgehead atoms. The maximum atomic E-state index is 12.6. The Bertz CT molecular complexity index is 1030. The lowest BCUT2D eigenvalue weighted by Crippen LogP contribution is -2.14. The Morgan fingerprint density at radius 3 is 2.43 bits per heavy atom. The van der Waals surface area contributed by atoms with Gasteiger partial charge in [-0.2, -0.15) is 0 Å². The molecule has 148 valence electrons. The first kappa shape index (κ1) is 20.9. The first-order valence-corrected chi connectivity index (χ1v) is 9.41. The summed E-state index contributed by atoms with van der Waals surface area (Å²) in [5.74, 6) is -2.89. The third-order valence-electron chi connectivity index (χ3n) is 3.69. The number of hydrogen-bond acceptors (Lipinski definition) is 7. The fourth-order valence-electron chi connectivity index (χ4n) is 2.29. The van der Waals surface area contributed by atoms with E-state index >= 15 is 0 Å². The fraction of sp³-hybridized carbons (Fsp3) is 0.167. The van der Waals surface area contributed by atoms with Crippen molar-refractivity contribution in [2.45, 2.75) is 17.7 Å². The highest BCUT2D eigenvalue weighted by Gasteiger charge is 2.20. The van der Waals surface area contributed by atoms with Crippen molar-refractivity contribution < 1.29 is 37.8 Å². The van der Waals surface area contributed by atoms with Crippen LogP contribution in [0.4, 0.5) is 5.69 Å². The molecule has 0 spiro atoms. The van der Waals surface area contributed by atoms with Crippen LogP contribution in [0.25, 0.3) is 0 Å². The van der Waals surface area contributed by atoms with Crippen LogP contribution in [0.5, 0.6) is 5.75 Å². The van der Waals surface area contributed by atoms with E-state index < -0.39 is 33.5 Å². The molecule has 0 fully saturated rings. The number of carboxylic acids is 1. The SMILES string of the molecule is COC(=O)c1cc(S(=O)(=O)Nc2cccc(C(=O)CCC(=O)O)c2)ccc1O. The van der Waals surface area contributed by atoms with Gasteiger partial charge in [0.2, 0.25) is 0 Å². The van der Waals surface area contributed by atoms with E-state index in [1.165, 1.54) is 24.3 Å². The van der Waals surface area contributed by atoms with Crippen molar-refractivity contribution in [3.8, 4) is 5.75 Å². The van der Waals surface area contributed by atoms with Crippen LogP contribution in [0.3, 0.4) is 0 Å². The number of Topliss-reactive ketones (excluding diaryl/α,β-unsaturated/α-hetero) is 1. The molecular weight excluding hydrogens is 390 g/mol. The van der Waals surface area contributed by atoms with Gasteiger partial charge < -0.3 is 14.9 Å². The van der Waals surface area contributed by atoms with Crippen LogP contribution in [-0.4, -0.2) is 43.5 Å². The van der Waals surface area contributed by atoms with Gasteiger partial charge in [0.1, 0.15) is 11.3 Å². The van der Waals surface area contributed by atoms with Crippen molar-refractivity contribution in [1.82, 2.24) is 0 Å². The molecule has 0 saturated carbocycles. The average Bonchev–Trinajstić information content (AvgIpc) is 2.65. The molecule has 0 radical (unpaired) electrons. The summed E-state index contributed by atoms with van der Waals surface area (Å²) >= 11 is 0. The average molecular weight is 407 g/mol. The van der Waals surface area contributed by atoms with Crippen molar-refractivity contribution >= 4 is 33.4 Å². The predicted molar refractivity (Wildman–Crippen MR) is 97.9 cm³/mol. The molecule has 0 aliphatic heterocycles. The highest BCUT2D eigenvalue weighted by atomic mass is 32.2. The van der Waals surface area contributed by atoms with Crippen LogP contribution in [0.2, 0.25) is 0 Å². The number of rotatable bonds is 8. The van der Waals surface area contributed by atoms with Crippen molar-refractivity contribution in [2.75, 3.05) is 11.8 Å². The van der Waals surface area contributed by atoms with Crippen LogP contribution in [-0.2, 0) is 19.6 Å². The normalized spacial score (nSPS) is 10.9. The predicted octanol–water partition coefficient (Wildman–Crippen LogP) is 2.03. The van der Waals surface area contributed by atoms with Crippen molar-refractivity contribution in [1.29, 1.82) is 0 Å². The molecule has 0 unspecified atom stereocenters. The number of carboxylic acid groups (broad SMARTS) is 1. The molecule has 0 heterocycles. The number of phenols is 1. The third-order valence-corrected chi connectivity index (χ3v) is 5.07. The summed E-state index contributed by atoms with van der Waals surface area (Å²) < 4.78 is 31.9. The van der Waals surface area contributed by atoms with Gasteiger partial charge in [-0.05, 0) is 30.3 Å². The standard InChI is InChI=1S/C18H17NO8S/c1-27-18(24)14-10-13(5-6-16(14)21)28(25,26)19-12-4-2-3-11(9-12)15(20)7-8-17(22)23/h2-6,9-10,19,21H,7-8H2,1H3,(H,22,23). The van der Waals surface area contributed by atoms with Gasteiger partial charge >= 0.3 is 11.9 Å². The molecule has 3 N–H and O–H groups in total. The van der Waals surface area contributed by atoms with Crippen molar-refractivity contribution in [3.63, 3.8) is 0 Å². The van der Waals surface area contributed by atoms with Crippen LogP contribution >= 0.6 is 0 Å². The van der Waals surface area contributed by atoms with E-state index in [2.05, 4.69) is 9.46 Å². The van der Waals surface area contributed by atoms with Gasteiger partial charge in [-0.1, -0.05) is 12.1 Å². The maximum absolute atomic E-state index is 12.6. The Kier molecular flexibility index (Phi) is 6.37. The van der Waals surface area contributed by atoms with Crippen molar-refractivity contribution in [2.24, 2.45) is 0 Å². The number of methoxy groups -OCH3 is 1. The van der Waals surface area contributed by atoms with Gasteiger partial charge in [0.05, 0.1) is 18.4 Å². The topological polar surface area (TPSA) is 147 Å². The molecule has 2 aromatic rings. The Labute approximate surface area is 160 Å². The number of nitrogens with one attached hydrogen (secondary N) is 1. The van der Waals surface area contributed by atoms with E-state index in [-0.39, 0.29) is 34.6 Å². The lowest BCUT2D eigenvalue weighted by molar-refractivity contribution is -0.136. The largest absolute Gasteiger partial charge is 0.507 e. The molecule has 28 heavy (non-hydrogen) atoms. The van der Waals surface area contributed by atoms with E-state index in [0.29, 0.717) is 0 Å². The molecule has 0 saturated heterocycles. The number of esters is 1.